The molecule has 1 fully saturated rings. The Morgan fingerprint density at radius 2 is 1.71 bits per heavy atom. The van der Waals surface area contributed by atoms with E-state index in [1.54, 1.807) is 5.56 Å². The summed E-state index contributed by atoms with van der Waals surface area (Å²) in [4.78, 5) is 0. The van der Waals surface area contributed by atoms with E-state index >= 15 is 0 Å². The Balaban J connectivity index is 1.91. The van der Waals surface area contributed by atoms with Crippen LogP contribution in [0.5, 0.6) is 0 Å². The molecule has 0 N–H and O–H groups in total. The third-order valence-electron chi connectivity index (χ3n) is 5.71. The van der Waals surface area contributed by atoms with Crippen molar-refractivity contribution in [2.75, 3.05) is 0 Å². The van der Waals surface area contributed by atoms with E-state index in [1.165, 1.54) is 59.0 Å². The molecule has 3 aromatic rings. The highest BCUT2D eigenvalue weighted by molar-refractivity contribution is 5.82. The number of benzene rings is 2. The maximum Gasteiger partial charge on any atom is 0.213 e. The third-order valence-corrected chi connectivity index (χ3v) is 5.71. The van der Waals surface area contributed by atoms with E-state index in [2.05, 4.69) is 74.0 Å². The van der Waals surface area contributed by atoms with E-state index in [0.717, 1.165) is 5.92 Å². The minimum absolute atomic E-state index is 0.750. The first-order valence-electron chi connectivity index (χ1n) is 9.14. The van der Waals surface area contributed by atoms with Crippen molar-refractivity contribution in [3.05, 3.63) is 65.2 Å². The van der Waals surface area contributed by atoms with Gasteiger partial charge in [-0.05, 0) is 55.9 Å². The van der Waals surface area contributed by atoms with Crippen LogP contribution >= 0.6 is 0 Å². The van der Waals surface area contributed by atoms with Crippen LogP contribution in [0, 0.1) is 13.8 Å². The second-order valence-corrected chi connectivity index (χ2v) is 7.36. The number of fused-ring (bicyclic) bond motifs is 1. The molecule has 0 bridgehead atoms. The van der Waals surface area contributed by atoms with Crippen molar-refractivity contribution in [1.29, 1.82) is 0 Å². The predicted molar refractivity (Wildman–Crippen MR) is 101 cm³/mol. The lowest BCUT2D eigenvalue weighted by molar-refractivity contribution is -0.633. The fourth-order valence-electron chi connectivity index (χ4n) is 4.32. The number of nitrogens with zero attached hydrogens (tertiary/aromatic N) is 1. The number of aromatic nitrogens is 1. The van der Waals surface area contributed by atoms with Gasteiger partial charge in [0.1, 0.15) is 7.05 Å². The largest absolute Gasteiger partial charge is 0.213 e. The van der Waals surface area contributed by atoms with Crippen molar-refractivity contribution in [2.24, 2.45) is 7.05 Å². The van der Waals surface area contributed by atoms with E-state index in [1.807, 2.05) is 0 Å². The molecule has 1 nitrogen and oxygen atoms in total. The van der Waals surface area contributed by atoms with Gasteiger partial charge in [0.25, 0.3) is 0 Å². The molecule has 1 saturated carbocycles. The van der Waals surface area contributed by atoms with Crippen LogP contribution in [0.3, 0.4) is 0 Å². The zero-order valence-electron chi connectivity index (χ0n) is 15.0. The lowest BCUT2D eigenvalue weighted by Crippen LogP contribution is -2.32. The fourth-order valence-corrected chi connectivity index (χ4v) is 4.32. The summed E-state index contributed by atoms with van der Waals surface area (Å²) in [6, 6.07) is 18.2. The minimum Gasteiger partial charge on any atom is -0.194 e. The molecule has 1 heteroatoms. The highest BCUT2D eigenvalue weighted by atomic mass is 14.9. The van der Waals surface area contributed by atoms with Gasteiger partial charge in [-0.2, -0.15) is 4.57 Å². The van der Waals surface area contributed by atoms with Crippen LogP contribution in [0.15, 0.2) is 48.5 Å². The second-order valence-electron chi connectivity index (χ2n) is 7.36. The molecule has 1 aromatic heterocycles. The lowest BCUT2D eigenvalue weighted by atomic mass is 9.93. The van der Waals surface area contributed by atoms with E-state index in [-0.39, 0.29) is 0 Å². The van der Waals surface area contributed by atoms with E-state index < -0.39 is 0 Å². The van der Waals surface area contributed by atoms with Gasteiger partial charge in [-0.1, -0.05) is 42.7 Å². The van der Waals surface area contributed by atoms with Gasteiger partial charge in [0.05, 0.1) is 0 Å². The summed E-state index contributed by atoms with van der Waals surface area (Å²) < 4.78 is 2.37. The first kappa shape index (κ1) is 15.4. The van der Waals surface area contributed by atoms with Crippen molar-refractivity contribution in [2.45, 2.75) is 45.4 Å². The molecule has 122 valence electrons. The molecule has 1 aliphatic carbocycles. The molecule has 0 spiro atoms. The summed E-state index contributed by atoms with van der Waals surface area (Å²) >= 11 is 0. The molecular formula is C23H26N+. The highest BCUT2D eigenvalue weighted by Gasteiger charge is 2.22. The predicted octanol–water partition coefficient (Wildman–Crippen LogP) is 5.61. The normalized spacial score (nSPS) is 15.3. The van der Waals surface area contributed by atoms with Crippen molar-refractivity contribution in [3.8, 4) is 11.3 Å². The number of pyridine rings is 1. The number of hydrogen-bond acceptors (Lipinski definition) is 0. The molecule has 0 atom stereocenters. The molecule has 4 rings (SSSR count). The topological polar surface area (TPSA) is 3.88 Å². The zero-order valence-corrected chi connectivity index (χ0v) is 15.0. The molecule has 0 radical (unpaired) electrons. The standard InChI is InChI=1S/C23H26N/c1-16-11-12-17(2)21(15-16)23-14-13-20-19(18-7-4-5-8-18)9-6-10-22(20)24(23)3/h6,9-15,18H,4-5,7-8H2,1-3H3/q+1. The van der Waals surface area contributed by atoms with Gasteiger partial charge in [-0.25, -0.2) is 0 Å². The Bertz CT molecular complexity index is 901. The lowest BCUT2D eigenvalue weighted by Gasteiger charge is -2.13. The average Bonchev–Trinajstić information content (AvgIpc) is 3.12. The summed E-state index contributed by atoms with van der Waals surface area (Å²) in [7, 11) is 2.21. The maximum absolute atomic E-state index is 2.37. The third kappa shape index (κ3) is 2.53. The molecule has 1 aliphatic rings. The van der Waals surface area contributed by atoms with Crippen molar-refractivity contribution < 1.29 is 4.57 Å². The summed E-state index contributed by atoms with van der Waals surface area (Å²) in [5.74, 6) is 0.750. The molecule has 2 aromatic carbocycles. The van der Waals surface area contributed by atoms with Crippen LogP contribution < -0.4 is 4.57 Å². The summed E-state index contributed by atoms with van der Waals surface area (Å²) in [5, 5.41) is 1.43. The quantitative estimate of drug-likeness (QED) is 0.541. The first-order valence-corrected chi connectivity index (χ1v) is 9.14. The molecule has 24 heavy (non-hydrogen) atoms. The van der Waals surface area contributed by atoms with E-state index in [9.17, 15) is 0 Å². The molecule has 0 unspecified atom stereocenters. The molecule has 0 aliphatic heterocycles. The van der Waals surface area contributed by atoms with Gasteiger partial charge in [0, 0.05) is 23.1 Å². The van der Waals surface area contributed by atoms with Crippen LogP contribution in [0.25, 0.3) is 22.2 Å². The van der Waals surface area contributed by atoms with E-state index in [0.29, 0.717) is 0 Å². The monoisotopic (exact) mass is 316 g/mol. The van der Waals surface area contributed by atoms with Crippen LogP contribution in [0.4, 0.5) is 0 Å². The van der Waals surface area contributed by atoms with Gasteiger partial charge < -0.3 is 0 Å². The summed E-state index contributed by atoms with van der Waals surface area (Å²) in [6.45, 7) is 4.37. The number of hydrogen-bond donors (Lipinski definition) is 0. The Morgan fingerprint density at radius 1 is 0.917 bits per heavy atom. The van der Waals surface area contributed by atoms with Crippen LogP contribution in [0.2, 0.25) is 0 Å². The SMILES string of the molecule is Cc1ccc(C)c(-c2ccc3c(C4CCCC4)cccc3[n+]2C)c1. The Morgan fingerprint density at radius 3 is 2.50 bits per heavy atom. The molecule has 0 amide bonds. The summed E-state index contributed by atoms with van der Waals surface area (Å²) in [5.41, 5.74) is 8.18. The van der Waals surface area contributed by atoms with Gasteiger partial charge in [-0.3, -0.25) is 0 Å². The number of rotatable bonds is 2. The minimum atomic E-state index is 0.750. The second kappa shape index (κ2) is 6.05. The van der Waals surface area contributed by atoms with Crippen LogP contribution in [-0.2, 0) is 7.05 Å². The van der Waals surface area contributed by atoms with E-state index in [4.69, 9.17) is 0 Å². The zero-order chi connectivity index (χ0) is 16.7. The van der Waals surface area contributed by atoms with Crippen molar-refractivity contribution >= 4 is 10.9 Å². The first-order chi connectivity index (χ1) is 11.6. The van der Waals surface area contributed by atoms with Crippen LogP contribution in [0.1, 0.15) is 48.3 Å². The van der Waals surface area contributed by atoms with Gasteiger partial charge in [0.15, 0.2) is 0 Å². The average molecular weight is 316 g/mol. The fraction of sp³-hybridized carbons (Fsp3) is 0.348. The Labute approximate surface area is 145 Å². The molecule has 1 heterocycles. The van der Waals surface area contributed by atoms with Crippen molar-refractivity contribution in [3.63, 3.8) is 0 Å². The van der Waals surface area contributed by atoms with Gasteiger partial charge >= 0.3 is 0 Å². The Kier molecular flexibility index (Phi) is 3.88. The smallest absolute Gasteiger partial charge is 0.194 e. The van der Waals surface area contributed by atoms with Gasteiger partial charge in [-0.15, -0.1) is 0 Å². The molecular weight excluding hydrogens is 290 g/mol. The Hall–Kier alpha value is -2.15. The summed E-state index contributed by atoms with van der Waals surface area (Å²) in [6.07, 6.45) is 5.46. The highest BCUT2D eigenvalue weighted by Crippen LogP contribution is 2.37. The molecule has 0 saturated heterocycles. The maximum atomic E-state index is 2.37. The van der Waals surface area contributed by atoms with Crippen molar-refractivity contribution in [1.82, 2.24) is 0 Å². The number of aryl methyl sites for hydroxylation is 3. The van der Waals surface area contributed by atoms with Crippen LogP contribution in [-0.4, -0.2) is 0 Å². The van der Waals surface area contributed by atoms with Gasteiger partial charge in [0.2, 0.25) is 11.2 Å².